The fourth-order valence-electron chi connectivity index (χ4n) is 3.40. The highest BCUT2D eigenvalue weighted by Crippen LogP contribution is 2.19. The lowest BCUT2D eigenvalue weighted by atomic mass is 9.96. The number of carbonyl (C=O) groups is 1. The van der Waals surface area contributed by atoms with Gasteiger partial charge in [0.2, 0.25) is 0 Å². The largest absolute Gasteiger partial charge is 0.355 e. The Hall–Kier alpha value is -1.11. The normalized spacial score (nSPS) is 17.8. The third kappa shape index (κ3) is 5.69. The Morgan fingerprint density at radius 2 is 1.80 bits per heavy atom. The van der Waals surface area contributed by atoms with E-state index in [4.69, 9.17) is 0 Å². The number of hydrogen-bond donors (Lipinski definition) is 1. The van der Waals surface area contributed by atoms with Crippen molar-refractivity contribution >= 4 is 36.5 Å². The van der Waals surface area contributed by atoms with Crippen LogP contribution in [0.1, 0.15) is 43.1 Å². The monoisotopic (exact) mass is 389 g/mol. The molecule has 0 atom stereocenters. The van der Waals surface area contributed by atoms with E-state index in [1.54, 1.807) is 0 Å². The Morgan fingerprint density at radius 3 is 2.36 bits per heavy atom. The summed E-state index contributed by atoms with van der Waals surface area (Å²) in [6, 6.07) is 3.76. The summed E-state index contributed by atoms with van der Waals surface area (Å²) in [5.41, 5.74) is 0.470. The number of likely N-dealkylation sites (tertiary alicyclic amines) is 1. The summed E-state index contributed by atoms with van der Waals surface area (Å²) in [5, 5.41) is 11.8. The predicted octanol–water partition coefficient (Wildman–Crippen LogP) is 2.38. The van der Waals surface area contributed by atoms with E-state index < -0.39 is 0 Å². The molecule has 0 aliphatic carbocycles. The smallest absolute Gasteiger partial charge is 0.274 e. The van der Waals surface area contributed by atoms with Crippen molar-refractivity contribution in [1.29, 1.82) is 0 Å². The van der Waals surface area contributed by atoms with Crippen molar-refractivity contribution in [1.82, 2.24) is 20.4 Å². The number of anilines is 1. The lowest BCUT2D eigenvalue weighted by Gasteiger charge is -2.31. The number of piperidine rings is 1. The number of aromatic nitrogens is 2. The molecule has 0 saturated carbocycles. The quantitative estimate of drug-likeness (QED) is 0.837. The summed E-state index contributed by atoms with van der Waals surface area (Å²) < 4.78 is 0. The minimum Gasteiger partial charge on any atom is -0.355 e. The zero-order chi connectivity index (χ0) is 16.1. The summed E-state index contributed by atoms with van der Waals surface area (Å²) in [7, 11) is 0. The van der Waals surface area contributed by atoms with Gasteiger partial charge in [-0.1, -0.05) is 6.92 Å². The maximum atomic E-state index is 12.5. The van der Waals surface area contributed by atoms with E-state index >= 15 is 0 Å². The van der Waals surface area contributed by atoms with E-state index in [9.17, 15) is 4.79 Å². The van der Waals surface area contributed by atoms with E-state index in [0.717, 1.165) is 57.9 Å². The SMILES string of the molecule is CCNCC1CCN(C(=O)c2ccc(N3CCCC3)nn2)CC1.Cl.Cl. The van der Waals surface area contributed by atoms with Crippen LogP contribution in [0.2, 0.25) is 0 Å². The highest BCUT2D eigenvalue weighted by atomic mass is 35.5. The number of hydrogen-bond acceptors (Lipinski definition) is 5. The van der Waals surface area contributed by atoms with Gasteiger partial charge in [0.05, 0.1) is 0 Å². The van der Waals surface area contributed by atoms with Crippen molar-refractivity contribution in [3.8, 4) is 0 Å². The Kier molecular flexibility index (Phi) is 9.46. The predicted molar refractivity (Wildman–Crippen MR) is 105 cm³/mol. The van der Waals surface area contributed by atoms with Crippen molar-refractivity contribution in [3.63, 3.8) is 0 Å². The molecule has 1 amide bonds. The fourth-order valence-corrected chi connectivity index (χ4v) is 3.40. The molecule has 3 heterocycles. The third-order valence-electron chi connectivity index (χ3n) is 4.88. The Labute approximate surface area is 162 Å². The molecule has 0 bridgehead atoms. The van der Waals surface area contributed by atoms with E-state index in [2.05, 4.69) is 27.3 Å². The van der Waals surface area contributed by atoms with E-state index in [1.807, 2.05) is 17.0 Å². The number of carbonyl (C=O) groups excluding carboxylic acids is 1. The molecule has 2 fully saturated rings. The number of nitrogens with zero attached hydrogens (tertiary/aromatic N) is 4. The second-order valence-corrected chi connectivity index (χ2v) is 6.51. The average molecular weight is 390 g/mol. The van der Waals surface area contributed by atoms with Crippen LogP contribution in [0.25, 0.3) is 0 Å². The molecular formula is C17H29Cl2N5O. The Balaban J connectivity index is 0.00000156. The van der Waals surface area contributed by atoms with Gasteiger partial charge in [-0.15, -0.1) is 35.0 Å². The zero-order valence-electron chi connectivity index (χ0n) is 14.8. The molecule has 0 spiro atoms. The first kappa shape index (κ1) is 21.9. The highest BCUT2D eigenvalue weighted by Gasteiger charge is 2.24. The number of halogens is 2. The van der Waals surface area contributed by atoms with Gasteiger partial charge < -0.3 is 15.1 Å². The van der Waals surface area contributed by atoms with Gasteiger partial charge in [-0.3, -0.25) is 4.79 Å². The minimum absolute atomic E-state index is 0. The summed E-state index contributed by atoms with van der Waals surface area (Å²) in [5.74, 6) is 1.60. The van der Waals surface area contributed by atoms with Gasteiger partial charge in [0.15, 0.2) is 11.5 Å². The second-order valence-electron chi connectivity index (χ2n) is 6.51. The van der Waals surface area contributed by atoms with E-state index in [-0.39, 0.29) is 30.7 Å². The lowest BCUT2D eigenvalue weighted by molar-refractivity contribution is 0.0683. The number of rotatable bonds is 5. The summed E-state index contributed by atoms with van der Waals surface area (Å²) in [4.78, 5) is 16.7. The van der Waals surface area contributed by atoms with Gasteiger partial charge in [-0.2, -0.15) is 0 Å². The van der Waals surface area contributed by atoms with Crippen molar-refractivity contribution in [2.24, 2.45) is 5.92 Å². The van der Waals surface area contributed by atoms with Crippen molar-refractivity contribution in [2.75, 3.05) is 44.2 Å². The van der Waals surface area contributed by atoms with Crippen LogP contribution in [-0.2, 0) is 0 Å². The van der Waals surface area contributed by atoms with E-state index in [0.29, 0.717) is 11.6 Å². The first-order chi connectivity index (χ1) is 11.3. The van der Waals surface area contributed by atoms with Crippen molar-refractivity contribution < 1.29 is 4.79 Å². The molecule has 25 heavy (non-hydrogen) atoms. The van der Waals surface area contributed by atoms with Crippen LogP contribution in [0.15, 0.2) is 12.1 Å². The molecule has 0 radical (unpaired) electrons. The van der Waals surface area contributed by atoms with Gasteiger partial charge in [-0.05, 0) is 56.8 Å². The van der Waals surface area contributed by atoms with Crippen LogP contribution < -0.4 is 10.2 Å². The van der Waals surface area contributed by atoms with Crippen molar-refractivity contribution in [2.45, 2.75) is 32.6 Å². The maximum absolute atomic E-state index is 12.5. The zero-order valence-corrected chi connectivity index (χ0v) is 16.4. The van der Waals surface area contributed by atoms with Crippen LogP contribution >= 0.6 is 24.8 Å². The van der Waals surface area contributed by atoms with E-state index in [1.165, 1.54) is 12.8 Å². The van der Waals surface area contributed by atoms with Gasteiger partial charge in [0.1, 0.15) is 0 Å². The molecular weight excluding hydrogens is 361 g/mol. The standard InChI is InChI=1S/C17H27N5O.2ClH/c1-2-18-13-14-7-11-22(12-8-14)17(23)15-5-6-16(20-19-15)21-9-3-4-10-21;;/h5-6,14,18H,2-4,7-13H2,1H3;2*1H. The highest BCUT2D eigenvalue weighted by molar-refractivity contribution is 5.92. The molecule has 2 aliphatic heterocycles. The molecule has 2 aliphatic rings. The summed E-state index contributed by atoms with van der Waals surface area (Å²) in [6.45, 7) is 7.93. The first-order valence-corrected chi connectivity index (χ1v) is 8.86. The Bertz CT molecular complexity index is 514. The van der Waals surface area contributed by atoms with Gasteiger partial charge >= 0.3 is 0 Å². The van der Waals surface area contributed by atoms with Crippen LogP contribution in [0.4, 0.5) is 5.82 Å². The van der Waals surface area contributed by atoms with Crippen LogP contribution in [-0.4, -0.2) is 60.3 Å². The molecule has 1 aromatic heterocycles. The van der Waals surface area contributed by atoms with Crippen molar-refractivity contribution in [3.05, 3.63) is 17.8 Å². The third-order valence-corrected chi connectivity index (χ3v) is 4.88. The number of nitrogens with one attached hydrogen (secondary N) is 1. The molecule has 0 aromatic carbocycles. The average Bonchev–Trinajstić information content (AvgIpc) is 3.14. The number of amides is 1. The van der Waals surface area contributed by atoms with Crippen LogP contribution in [0.5, 0.6) is 0 Å². The lowest BCUT2D eigenvalue weighted by Crippen LogP contribution is -2.41. The molecule has 8 heteroatoms. The molecule has 3 rings (SSSR count). The molecule has 6 nitrogen and oxygen atoms in total. The Morgan fingerprint density at radius 1 is 1.12 bits per heavy atom. The molecule has 1 aromatic rings. The first-order valence-electron chi connectivity index (χ1n) is 8.86. The molecule has 2 saturated heterocycles. The maximum Gasteiger partial charge on any atom is 0.274 e. The van der Waals surface area contributed by atoms with Gasteiger partial charge in [-0.25, -0.2) is 0 Å². The summed E-state index contributed by atoms with van der Waals surface area (Å²) in [6.07, 6.45) is 4.56. The second kappa shape index (κ2) is 10.8. The van der Waals surface area contributed by atoms with Crippen LogP contribution in [0.3, 0.4) is 0 Å². The molecule has 1 N–H and O–H groups in total. The molecule has 0 unspecified atom stereocenters. The van der Waals surface area contributed by atoms with Gasteiger partial charge in [0, 0.05) is 26.2 Å². The van der Waals surface area contributed by atoms with Gasteiger partial charge in [0.25, 0.3) is 5.91 Å². The summed E-state index contributed by atoms with van der Waals surface area (Å²) >= 11 is 0. The topological polar surface area (TPSA) is 61.4 Å². The minimum atomic E-state index is 0. The van der Waals surface area contributed by atoms with Crippen LogP contribution in [0, 0.1) is 5.92 Å². The molecule has 142 valence electrons. The fraction of sp³-hybridized carbons (Fsp3) is 0.706.